The van der Waals surface area contributed by atoms with Crippen molar-refractivity contribution in [2.75, 3.05) is 7.05 Å². The third-order valence-electron chi connectivity index (χ3n) is 2.22. The molecule has 0 spiro atoms. The van der Waals surface area contributed by atoms with Crippen LogP contribution in [0.15, 0.2) is 24.3 Å². The fourth-order valence-electron chi connectivity index (χ4n) is 1.47. The molecule has 0 bridgehead atoms. The molecule has 0 saturated heterocycles. The molecule has 1 aromatic carbocycles. The van der Waals surface area contributed by atoms with Gasteiger partial charge in [0.25, 0.3) is 0 Å². The van der Waals surface area contributed by atoms with Crippen LogP contribution in [0.1, 0.15) is 18.1 Å². The van der Waals surface area contributed by atoms with E-state index in [4.69, 9.17) is 0 Å². The molecule has 1 rings (SSSR count). The summed E-state index contributed by atoms with van der Waals surface area (Å²) in [6, 6.07) is 8.21. The Bertz CT molecular complexity index is 349. The second-order valence-electron chi connectivity index (χ2n) is 3.80. The van der Waals surface area contributed by atoms with Gasteiger partial charge in [0.15, 0.2) is 0 Å². The highest BCUT2D eigenvalue weighted by Gasteiger charge is 2.14. The summed E-state index contributed by atoms with van der Waals surface area (Å²) in [5.74, 6) is 0.108. The molecular weight excluding hydrogens is 254 g/mol. The molecule has 0 aliphatic rings. The summed E-state index contributed by atoms with van der Waals surface area (Å²) in [4.78, 5) is 13.2. The maximum atomic E-state index is 11.6. The zero-order chi connectivity index (χ0) is 11.4. The monoisotopic (exact) mass is 269 g/mol. The molecule has 1 unspecified atom stereocenters. The largest absolute Gasteiger partial charge is 0.340 e. The number of amides is 1. The summed E-state index contributed by atoms with van der Waals surface area (Å²) in [5, 5.41) is 0. The van der Waals surface area contributed by atoms with E-state index in [0.29, 0.717) is 6.54 Å². The van der Waals surface area contributed by atoms with Gasteiger partial charge in [0.2, 0.25) is 5.91 Å². The van der Waals surface area contributed by atoms with Gasteiger partial charge >= 0.3 is 0 Å². The van der Waals surface area contributed by atoms with Gasteiger partial charge in [-0.3, -0.25) is 4.79 Å². The molecule has 2 nitrogen and oxygen atoms in total. The van der Waals surface area contributed by atoms with Crippen molar-refractivity contribution in [3.63, 3.8) is 0 Å². The van der Waals surface area contributed by atoms with E-state index >= 15 is 0 Å². The first-order valence-electron chi connectivity index (χ1n) is 4.95. The SMILES string of the molecule is Cc1cccc(CN(C)C(=O)C(C)Br)c1. The molecule has 0 N–H and O–H groups in total. The summed E-state index contributed by atoms with van der Waals surface area (Å²) in [7, 11) is 1.82. The molecule has 82 valence electrons. The van der Waals surface area contributed by atoms with Crippen LogP contribution in [-0.4, -0.2) is 22.7 Å². The molecule has 3 heteroatoms. The Morgan fingerprint density at radius 1 is 1.53 bits per heavy atom. The van der Waals surface area contributed by atoms with Crippen molar-refractivity contribution in [2.24, 2.45) is 0 Å². The van der Waals surface area contributed by atoms with Gasteiger partial charge in [-0.25, -0.2) is 0 Å². The van der Waals surface area contributed by atoms with Crippen LogP contribution >= 0.6 is 15.9 Å². The molecular formula is C12H16BrNO. The second-order valence-corrected chi connectivity index (χ2v) is 5.17. The summed E-state index contributed by atoms with van der Waals surface area (Å²) >= 11 is 3.28. The molecule has 0 aromatic heterocycles. The highest BCUT2D eigenvalue weighted by Crippen LogP contribution is 2.09. The maximum Gasteiger partial charge on any atom is 0.236 e. The van der Waals surface area contributed by atoms with Crippen molar-refractivity contribution in [3.8, 4) is 0 Å². The molecule has 0 radical (unpaired) electrons. The quantitative estimate of drug-likeness (QED) is 0.773. The van der Waals surface area contributed by atoms with Gasteiger partial charge in [-0.05, 0) is 19.4 Å². The zero-order valence-corrected chi connectivity index (χ0v) is 10.9. The van der Waals surface area contributed by atoms with Crippen molar-refractivity contribution in [1.82, 2.24) is 4.90 Å². The first kappa shape index (κ1) is 12.2. The maximum absolute atomic E-state index is 11.6. The lowest BCUT2D eigenvalue weighted by molar-refractivity contribution is -0.129. The lowest BCUT2D eigenvalue weighted by Gasteiger charge is -2.18. The third kappa shape index (κ3) is 3.67. The Balaban J connectivity index is 2.66. The molecule has 1 amide bonds. The van der Waals surface area contributed by atoms with Crippen LogP contribution in [0.2, 0.25) is 0 Å². The van der Waals surface area contributed by atoms with E-state index in [1.807, 2.05) is 26.1 Å². The van der Waals surface area contributed by atoms with Gasteiger partial charge in [-0.15, -0.1) is 0 Å². The van der Waals surface area contributed by atoms with E-state index in [0.717, 1.165) is 0 Å². The Kier molecular flexibility index (Phi) is 4.33. The molecule has 1 aromatic rings. The lowest BCUT2D eigenvalue weighted by atomic mass is 10.1. The van der Waals surface area contributed by atoms with Crippen molar-refractivity contribution in [2.45, 2.75) is 25.2 Å². The van der Waals surface area contributed by atoms with Gasteiger partial charge in [0, 0.05) is 13.6 Å². The Hall–Kier alpha value is -0.830. The van der Waals surface area contributed by atoms with Gasteiger partial charge < -0.3 is 4.90 Å². The van der Waals surface area contributed by atoms with Crippen LogP contribution in [0.4, 0.5) is 0 Å². The molecule has 0 fully saturated rings. The Morgan fingerprint density at radius 2 is 2.20 bits per heavy atom. The number of carbonyl (C=O) groups is 1. The predicted octanol–water partition coefficient (Wildman–Crippen LogP) is 2.74. The van der Waals surface area contributed by atoms with E-state index in [-0.39, 0.29) is 10.7 Å². The van der Waals surface area contributed by atoms with Crippen molar-refractivity contribution in [1.29, 1.82) is 0 Å². The Labute approximate surface area is 99.4 Å². The van der Waals surface area contributed by atoms with Crippen LogP contribution in [0.3, 0.4) is 0 Å². The fourth-order valence-corrected chi connectivity index (χ4v) is 1.82. The molecule has 15 heavy (non-hydrogen) atoms. The fraction of sp³-hybridized carbons (Fsp3) is 0.417. The van der Waals surface area contributed by atoms with Crippen molar-refractivity contribution in [3.05, 3.63) is 35.4 Å². The highest BCUT2D eigenvalue weighted by atomic mass is 79.9. The molecule has 0 heterocycles. The molecule has 0 aliphatic heterocycles. The van der Waals surface area contributed by atoms with E-state index in [2.05, 4.69) is 35.0 Å². The van der Waals surface area contributed by atoms with Crippen LogP contribution < -0.4 is 0 Å². The molecule has 0 aliphatic carbocycles. The van der Waals surface area contributed by atoms with Gasteiger partial charge in [0.05, 0.1) is 4.83 Å². The minimum absolute atomic E-state index is 0.108. The first-order valence-corrected chi connectivity index (χ1v) is 5.87. The number of hydrogen-bond donors (Lipinski definition) is 0. The number of rotatable bonds is 3. The molecule has 1 atom stereocenters. The van der Waals surface area contributed by atoms with Crippen molar-refractivity contribution < 1.29 is 4.79 Å². The van der Waals surface area contributed by atoms with Crippen LogP contribution in [0.5, 0.6) is 0 Å². The Morgan fingerprint density at radius 3 is 2.73 bits per heavy atom. The highest BCUT2D eigenvalue weighted by molar-refractivity contribution is 9.10. The van der Waals surface area contributed by atoms with Gasteiger partial charge in [-0.2, -0.15) is 0 Å². The molecule has 0 saturated carbocycles. The minimum Gasteiger partial charge on any atom is -0.340 e. The first-order chi connectivity index (χ1) is 7.00. The summed E-state index contributed by atoms with van der Waals surface area (Å²) in [6.45, 7) is 4.56. The summed E-state index contributed by atoms with van der Waals surface area (Å²) in [5.41, 5.74) is 2.39. The standard InChI is InChI=1S/C12H16BrNO/c1-9-5-4-6-11(7-9)8-14(3)12(15)10(2)13/h4-7,10H,8H2,1-3H3. The summed E-state index contributed by atoms with van der Waals surface area (Å²) < 4.78 is 0. The van der Waals surface area contributed by atoms with Crippen LogP contribution in [-0.2, 0) is 11.3 Å². The number of carbonyl (C=O) groups excluding carboxylic acids is 1. The minimum atomic E-state index is -0.118. The van der Waals surface area contributed by atoms with Gasteiger partial charge in [0.1, 0.15) is 0 Å². The summed E-state index contributed by atoms with van der Waals surface area (Å²) in [6.07, 6.45) is 0. The smallest absolute Gasteiger partial charge is 0.236 e. The average Bonchev–Trinajstić information content (AvgIpc) is 2.16. The number of hydrogen-bond acceptors (Lipinski definition) is 1. The van der Waals surface area contributed by atoms with E-state index in [9.17, 15) is 4.79 Å². The number of nitrogens with zero attached hydrogens (tertiary/aromatic N) is 1. The van der Waals surface area contributed by atoms with E-state index in [1.165, 1.54) is 11.1 Å². The zero-order valence-electron chi connectivity index (χ0n) is 9.33. The van der Waals surface area contributed by atoms with Crippen LogP contribution in [0, 0.1) is 6.92 Å². The number of benzene rings is 1. The van der Waals surface area contributed by atoms with Crippen molar-refractivity contribution >= 4 is 21.8 Å². The second kappa shape index (κ2) is 5.31. The van der Waals surface area contributed by atoms with Gasteiger partial charge in [-0.1, -0.05) is 45.8 Å². The number of halogens is 1. The number of aryl methyl sites for hydroxylation is 1. The average molecular weight is 270 g/mol. The topological polar surface area (TPSA) is 20.3 Å². The third-order valence-corrected chi connectivity index (χ3v) is 2.61. The van der Waals surface area contributed by atoms with E-state index in [1.54, 1.807) is 4.90 Å². The predicted molar refractivity (Wildman–Crippen MR) is 66.0 cm³/mol. The van der Waals surface area contributed by atoms with Crippen LogP contribution in [0.25, 0.3) is 0 Å². The normalized spacial score (nSPS) is 12.3. The van der Waals surface area contributed by atoms with E-state index < -0.39 is 0 Å². The number of alkyl halides is 1. The lowest BCUT2D eigenvalue weighted by Crippen LogP contribution is -2.31.